The third-order valence-electron chi connectivity index (χ3n) is 1.79. The maximum atomic E-state index is 13.0. The van der Waals surface area contributed by atoms with Crippen molar-refractivity contribution in [3.05, 3.63) is 35.8 Å². The van der Waals surface area contributed by atoms with E-state index >= 15 is 0 Å². The topological polar surface area (TPSA) is 39.6 Å². The molecule has 0 amide bonds. The van der Waals surface area contributed by atoms with Crippen molar-refractivity contribution in [3.8, 4) is 0 Å². The molecular formula is C9H7FN2. The summed E-state index contributed by atoms with van der Waals surface area (Å²) in [4.78, 5) is 2.90. The first kappa shape index (κ1) is 7.03. The normalized spacial score (nSPS) is 10.4. The smallest absolute Gasteiger partial charge is 0.132 e. The van der Waals surface area contributed by atoms with Crippen LogP contribution in [0.1, 0.15) is 5.69 Å². The van der Waals surface area contributed by atoms with Crippen LogP contribution in [0.4, 0.5) is 4.39 Å². The van der Waals surface area contributed by atoms with Crippen LogP contribution in [-0.4, -0.2) is 11.2 Å². The molecule has 1 aromatic heterocycles. The SMILES string of the molecule is N=Cc1cc2c(F)cccc2[nH]1. The molecule has 2 nitrogen and oxygen atoms in total. The lowest BCUT2D eigenvalue weighted by Gasteiger charge is -1.88. The molecule has 0 spiro atoms. The molecule has 0 bridgehead atoms. The van der Waals surface area contributed by atoms with Crippen molar-refractivity contribution in [1.29, 1.82) is 5.41 Å². The van der Waals surface area contributed by atoms with Crippen LogP contribution >= 0.6 is 0 Å². The van der Waals surface area contributed by atoms with Gasteiger partial charge in [0.15, 0.2) is 0 Å². The Morgan fingerprint density at radius 2 is 2.25 bits per heavy atom. The maximum absolute atomic E-state index is 13.0. The van der Waals surface area contributed by atoms with E-state index in [-0.39, 0.29) is 5.82 Å². The fraction of sp³-hybridized carbons (Fsp3) is 0. The summed E-state index contributed by atoms with van der Waals surface area (Å²) >= 11 is 0. The third kappa shape index (κ3) is 0.906. The van der Waals surface area contributed by atoms with Gasteiger partial charge in [-0.1, -0.05) is 6.07 Å². The number of halogens is 1. The average molecular weight is 162 g/mol. The van der Waals surface area contributed by atoms with Crippen LogP contribution in [0.2, 0.25) is 0 Å². The minimum Gasteiger partial charge on any atom is -0.354 e. The van der Waals surface area contributed by atoms with Gasteiger partial charge in [-0.3, -0.25) is 0 Å². The summed E-state index contributed by atoms with van der Waals surface area (Å²) in [6.07, 6.45) is 1.17. The fourth-order valence-corrected chi connectivity index (χ4v) is 1.22. The first-order valence-corrected chi connectivity index (χ1v) is 3.59. The molecule has 2 aromatic rings. The summed E-state index contributed by atoms with van der Waals surface area (Å²) in [5.74, 6) is -0.253. The first-order valence-electron chi connectivity index (χ1n) is 3.59. The van der Waals surface area contributed by atoms with Crippen molar-refractivity contribution < 1.29 is 4.39 Å². The molecule has 12 heavy (non-hydrogen) atoms. The Kier molecular flexibility index (Phi) is 1.43. The molecule has 0 aliphatic heterocycles. The molecule has 0 saturated heterocycles. The standard InChI is InChI=1S/C9H7FN2/c10-8-2-1-3-9-7(8)4-6(5-11)12-9/h1-5,11-12H. The Morgan fingerprint density at radius 3 is 2.92 bits per heavy atom. The molecule has 0 saturated carbocycles. The Morgan fingerprint density at radius 1 is 1.42 bits per heavy atom. The summed E-state index contributed by atoms with van der Waals surface area (Å²) in [6, 6.07) is 6.45. The summed E-state index contributed by atoms with van der Waals surface area (Å²) in [5, 5.41) is 7.51. The Hall–Kier alpha value is -1.64. The highest BCUT2D eigenvalue weighted by molar-refractivity contribution is 5.88. The molecule has 60 valence electrons. The minimum atomic E-state index is -0.253. The van der Waals surface area contributed by atoms with E-state index in [0.717, 1.165) is 5.52 Å². The zero-order valence-corrected chi connectivity index (χ0v) is 6.26. The van der Waals surface area contributed by atoms with Crippen LogP contribution in [0.25, 0.3) is 10.9 Å². The zero-order valence-electron chi connectivity index (χ0n) is 6.26. The Balaban J connectivity index is 2.82. The second-order valence-electron chi connectivity index (χ2n) is 2.57. The van der Waals surface area contributed by atoms with Gasteiger partial charge in [0, 0.05) is 17.1 Å². The number of benzene rings is 1. The molecule has 1 heterocycles. The second-order valence-corrected chi connectivity index (χ2v) is 2.57. The highest BCUT2D eigenvalue weighted by atomic mass is 19.1. The fourth-order valence-electron chi connectivity index (χ4n) is 1.22. The largest absolute Gasteiger partial charge is 0.354 e. The van der Waals surface area contributed by atoms with Crippen LogP contribution in [0.3, 0.4) is 0 Å². The van der Waals surface area contributed by atoms with Crippen molar-refractivity contribution in [2.24, 2.45) is 0 Å². The molecule has 3 heteroatoms. The number of hydrogen-bond acceptors (Lipinski definition) is 1. The molecule has 0 aliphatic rings. The van der Waals surface area contributed by atoms with E-state index in [1.807, 2.05) is 0 Å². The van der Waals surface area contributed by atoms with Gasteiger partial charge >= 0.3 is 0 Å². The van der Waals surface area contributed by atoms with Crippen LogP contribution in [0.5, 0.6) is 0 Å². The zero-order chi connectivity index (χ0) is 8.55. The first-order chi connectivity index (χ1) is 5.81. The van der Waals surface area contributed by atoms with E-state index in [1.165, 1.54) is 12.3 Å². The van der Waals surface area contributed by atoms with Gasteiger partial charge in [0.25, 0.3) is 0 Å². The van der Waals surface area contributed by atoms with Crippen molar-refractivity contribution in [2.75, 3.05) is 0 Å². The van der Waals surface area contributed by atoms with Crippen molar-refractivity contribution in [1.82, 2.24) is 4.98 Å². The van der Waals surface area contributed by atoms with Crippen molar-refractivity contribution in [3.63, 3.8) is 0 Å². The second kappa shape index (κ2) is 2.44. The number of aromatic amines is 1. The van der Waals surface area contributed by atoms with E-state index in [9.17, 15) is 4.39 Å². The minimum absolute atomic E-state index is 0.253. The number of nitrogens with one attached hydrogen (secondary N) is 2. The number of rotatable bonds is 1. The van der Waals surface area contributed by atoms with Gasteiger partial charge in [-0.15, -0.1) is 0 Å². The highest BCUT2D eigenvalue weighted by Crippen LogP contribution is 2.17. The van der Waals surface area contributed by atoms with Crippen LogP contribution in [-0.2, 0) is 0 Å². The predicted molar refractivity (Wildman–Crippen MR) is 46.1 cm³/mol. The lowest BCUT2D eigenvalue weighted by molar-refractivity contribution is 0.640. The summed E-state index contributed by atoms with van der Waals surface area (Å²) in [5.41, 5.74) is 1.35. The van der Waals surface area contributed by atoms with E-state index in [2.05, 4.69) is 4.98 Å². The van der Waals surface area contributed by atoms with Crippen LogP contribution < -0.4 is 0 Å². The molecule has 0 aliphatic carbocycles. The summed E-state index contributed by atoms with van der Waals surface area (Å²) in [7, 11) is 0. The maximum Gasteiger partial charge on any atom is 0.132 e. The van der Waals surface area contributed by atoms with E-state index in [4.69, 9.17) is 5.41 Å². The van der Waals surface area contributed by atoms with Crippen LogP contribution in [0.15, 0.2) is 24.3 Å². The lowest BCUT2D eigenvalue weighted by atomic mass is 10.2. The monoisotopic (exact) mass is 162 g/mol. The van der Waals surface area contributed by atoms with Crippen molar-refractivity contribution in [2.45, 2.75) is 0 Å². The van der Waals surface area contributed by atoms with E-state index < -0.39 is 0 Å². The predicted octanol–water partition coefficient (Wildman–Crippen LogP) is 2.30. The molecular weight excluding hydrogens is 155 g/mol. The molecule has 0 radical (unpaired) electrons. The van der Waals surface area contributed by atoms with Gasteiger partial charge in [0.2, 0.25) is 0 Å². The van der Waals surface area contributed by atoms with Gasteiger partial charge in [0.1, 0.15) is 5.82 Å². The number of aromatic nitrogens is 1. The quantitative estimate of drug-likeness (QED) is 0.604. The van der Waals surface area contributed by atoms with E-state index in [1.54, 1.807) is 18.2 Å². The van der Waals surface area contributed by atoms with Gasteiger partial charge in [-0.05, 0) is 18.2 Å². The molecule has 0 atom stereocenters. The average Bonchev–Trinajstić information content (AvgIpc) is 2.49. The number of H-pyrrole nitrogens is 1. The Labute approximate surface area is 68.5 Å². The molecule has 0 unspecified atom stereocenters. The lowest BCUT2D eigenvalue weighted by Crippen LogP contribution is -1.74. The Bertz CT molecular complexity index is 431. The third-order valence-corrected chi connectivity index (χ3v) is 1.79. The number of fused-ring (bicyclic) bond motifs is 1. The highest BCUT2D eigenvalue weighted by Gasteiger charge is 2.02. The van der Waals surface area contributed by atoms with Gasteiger partial charge in [0.05, 0.1) is 5.69 Å². The van der Waals surface area contributed by atoms with Crippen LogP contribution in [0, 0.1) is 11.2 Å². The van der Waals surface area contributed by atoms with Gasteiger partial charge < -0.3 is 10.4 Å². The van der Waals surface area contributed by atoms with Gasteiger partial charge in [-0.25, -0.2) is 4.39 Å². The summed E-state index contributed by atoms with van der Waals surface area (Å²) in [6.45, 7) is 0. The molecule has 2 N–H and O–H groups in total. The van der Waals surface area contributed by atoms with E-state index in [0.29, 0.717) is 11.1 Å². The molecule has 2 rings (SSSR count). The van der Waals surface area contributed by atoms with Crippen molar-refractivity contribution >= 4 is 17.1 Å². The molecule has 1 aromatic carbocycles. The van der Waals surface area contributed by atoms with Gasteiger partial charge in [-0.2, -0.15) is 0 Å². The molecule has 0 fully saturated rings. The number of hydrogen-bond donors (Lipinski definition) is 2. The summed E-state index contributed by atoms with van der Waals surface area (Å²) < 4.78 is 13.0.